The van der Waals surface area contributed by atoms with Crippen LogP contribution in [-0.4, -0.2) is 38.2 Å². The molecule has 1 amide bonds. The van der Waals surface area contributed by atoms with Crippen molar-refractivity contribution in [1.82, 2.24) is 19.9 Å². The van der Waals surface area contributed by atoms with Crippen molar-refractivity contribution in [2.24, 2.45) is 5.41 Å². The van der Waals surface area contributed by atoms with Crippen molar-refractivity contribution in [1.29, 1.82) is 0 Å². The third kappa shape index (κ3) is 4.39. The molecule has 2 aromatic rings. The molecule has 1 atom stereocenters. The molecule has 0 aliphatic rings. The zero-order valence-electron chi connectivity index (χ0n) is 13.2. The number of carbonyl (C=O) groups excluding carboxylic acids is 1. The minimum absolute atomic E-state index is 0.0287. The molecule has 0 saturated carbocycles. The van der Waals surface area contributed by atoms with Gasteiger partial charge in [0.25, 0.3) is 5.91 Å². The zero-order valence-corrected chi connectivity index (χ0v) is 13.2. The van der Waals surface area contributed by atoms with E-state index in [2.05, 4.69) is 36.1 Å². The number of rotatable bonds is 5. The summed E-state index contributed by atoms with van der Waals surface area (Å²) < 4.78 is 1.73. The number of nitrogens with zero attached hydrogens (tertiary/aromatic N) is 3. The number of hydrogen-bond acceptors (Lipinski definition) is 4. The van der Waals surface area contributed by atoms with E-state index in [4.69, 9.17) is 0 Å². The standard InChI is InChI=1S/C16H22N4O2/c1-16(2,3)9-13(10-21)19-15(22)12-4-5-18-14(8-12)20-7-6-17-11-20/h4-8,11,13,21H,9-10H2,1-3H3,(H,19,22). The molecule has 0 aliphatic carbocycles. The summed E-state index contributed by atoms with van der Waals surface area (Å²) in [5.41, 5.74) is 0.534. The predicted molar refractivity (Wildman–Crippen MR) is 83.8 cm³/mol. The quantitative estimate of drug-likeness (QED) is 0.882. The SMILES string of the molecule is CC(C)(C)CC(CO)NC(=O)c1ccnc(-n2ccnc2)c1. The largest absolute Gasteiger partial charge is 0.394 e. The number of amides is 1. The van der Waals surface area contributed by atoms with Crippen molar-refractivity contribution in [3.63, 3.8) is 0 Å². The monoisotopic (exact) mass is 302 g/mol. The van der Waals surface area contributed by atoms with Gasteiger partial charge >= 0.3 is 0 Å². The van der Waals surface area contributed by atoms with Gasteiger partial charge < -0.3 is 10.4 Å². The first-order valence-corrected chi connectivity index (χ1v) is 7.25. The minimum Gasteiger partial charge on any atom is -0.394 e. The Morgan fingerprint density at radius 3 is 2.77 bits per heavy atom. The van der Waals surface area contributed by atoms with Crippen LogP contribution in [0.3, 0.4) is 0 Å². The Morgan fingerprint density at radius 1 is 1.41 bits per heavy atom. The van der Waals surface area contributed by atoms with Crippen molar-refractivity contribution in [3.05, 3.63) is 42.6 Å². The molecule has 0 radical (unpaired) electrons. The lowest BCUT2D eigenvalue weighted by Crippen LogP contribution is -2.40. The first-order valence-electron chi connectivity index (χ1n) is 7.25. The van der Waals surface area contributed by atoms with Crippen LogP contribution in [0.25, 0.3) is 5.82 Å². The number of aromatic nitrogens is 3. The van der Waals surface area contributed by atoms with Gasteiger partial charge in [0.05, 0.1) is 12.6 Å². The molecule has 0 aliphatic heterocycles. The highest BCUT2D eigenvalue weighted by atomic mass is 16.3. The third-order valence-corrected chi connectivity index (χ3v) is 3.19. The van der Waals surface area contributed by atoms with Crippen molar-refractivity contribution < 1.29 is 9.90 Å². The summed E-state index contributed by atoms with van der Waals surface area (Å²) in [6.07, 6.45) is 7.33. The second-order valence-electron chi connectivity index (χ2n) is 6.49. The van der Waals surface area contributed by atoms with Gasteiger partial charge in [-0.2, -0.15) is 0 Å². The summed E-state index contributed by atoms with van der Waals surface area (Å²) >= 11 is 0. The Labute approximate surface area is 130 Å². The van der Waals surface area contributed by atoms with Crippen LogP contribution >= 0.6 is 0 Å². The lowest BCUT2D eigenvalue weighted by molar-refractivity contribution is 0.0897. The van der Waals surface area contributed by atoms with Crippen LogP contribution in [0.2, 0.25) is 0 Å². The predicted octanol–water partition coefficient (Wildman–Crippen LogP) is 1.79. The van der Waals surface area contributed by atoms with Gasteiger partial charge in [0.15, 0.2) is 0 Å². The second-order valence-corrected chi connectivity index (χ2v) is 6.49. The Morgan fingerprint density at radius 2 is 2.18 bits per heavy atom. The zero-order chi connectivity index (χ0) is 16.2. The fraction of sp³-hybridized carbons (Fsp3) is 0.438. The molecule has 1 unspecified atom stereocenters. The van der Waals surface area contributed by atoms with Crippen LogP contribution in [0.15, 0.2) is 37.1 Å². The summed E-state index contributed by atoms with van der Waals surface area (Å²) in [5.74, 6) is 0.411. The topological polar surface area (TPSA) is 80.0 Å². The molecule has 2 rings (SSSR count). The van der Waals surface area contributed by atoms with Gasteiger partial charge in [-0.1, -0.05) is 20.8 Å². The molecule has 6 nitrogen and oxygen atoms in total. The Hall–Kier alpha value is -2.21. The van der Waals surface area contributed by atoms with Crippen molar-refractivity contribution in [3.8, 4) is 5.82 Å². The Kier molecular flexibility index (Phi) is 4.92. The Bertz CT molecular complexity index is 617. The molecule has 0 saturated heterocycles. The molecular formula is C16H22N4O2. The van der Waals surface area contributed by atoms with E-state index in [1.165, 1.54) is 0 Å². The van der Waals surface area contributed by atoms with Crippen LogP contribution in [-0.2, 0) is 0 Å². The highest BCUT2D eigenvalue weighted by Crippen LogP contribution is 2.20. The second kappa shape index (κ2) is 6.70. The number of hydrogen-bond donors (Lipinski definition) is 2. The van der Waals surface area contributed by atoms with E-state index < -0.39 is 0 Å². The summed E-state index contributed by atoms with van der Waals surface area (Å²) in [4.78, 5) is 20.5. The van der Waals surface area contributed by atoms with E-state index in [0.717, 1.165) is 0 Å². The van der Waals surface area contributed by atoms with E-state index in [9.17, 15) is 9.90 Å². The van der Waals surface area contributed by atoms with Crippen LogP contribution in [0, 0.1) is 5.41 Å². The van der Waals surface area contributed by atoms with Gasteiger partial charge in [-0.3, -0.25) is 9.36 Å². The van der Waals surface area contributed by atoms with Gasteiger partial charge in [-0.05, 0) is 24.0 Å². The Balaban J connectivity index is 2.11. The maximum Gasteiger partial charge on any atom is 0.251 e. The van der Waals surface area contributed by atoms with E-state index in [1.807, 2.05) is 0 Å². The summed E-state index contributed by atoms with van der Waals surface area (Å²) in [5, 5.41) is 12.3. The van der Waals surface area contributed by atoms with Crippen LogP contribution in [0.1, 0.15) is 37.6 Å². The van der Waals surface area contributed by atoms with Crippen molar-refractivity contribution >= 4 is 5.91 Å². The maximum atomic E-state index is 12.3. The molecule has 2 heterocycles. The van der Waals surface area contributed by atoms with Crippen LogP contribution in [0.4, 0.5) is 0 Å². The molecular weight excluding hydrogens is 280 g/mol. The average Bonchev–Trinajstić information content (AvgIpc) is 2.99. The van der Waals surface area contributed by atoms with E-state index in [1.54, 1.807) is 41.6 Å². The van der Waals surface area contributed by atoms with E-state index >= 15 is 0 Å². The molecule has 0 bridgehead atoms. The van der Waals surface area contributed by atoms with E-state index in [-0.39, 0.29) is 24.0 Å². The number of carbonyl (C=O) groups is 1. The minimum atomic E-state index is -0.266. The number of imidazole rings is 1. The van der Waals surface area contributed by atoms with Gasteiger partial charge in [-0.25, -0.2) is 9.97 Å². The van der Waals surface area contributed by atoms with Crippen molar-refractivity contribution in [2.75, 3.05) is 6.61 Å². The molecule has 118 valence electrons. The van der Waals surface area contributed by atoms with Crippen LogP contribution < -0.4 is 5.32 Å². The molecule has 0 aromatic carbocycles. The maximum absolute atomic E-state index is 12.3. The molecule has 6 heteroatoms. The molecule has 0 fully saturated rings. The number of aliphatic hydroxyl groups is 1. The highest BCUT2D eigenvalue weighted by Gasteiger charge is 2.20. The fourth-order valence-corrected chi connectivity index (χ4v) is 2.26. The fourth-order valence-electron chi connectivity index (χ4n) is 2.26. The lowest BCUT2D eigenvalue weighted by atomic mass is 9.88. The lowest BCUT2D eigenvalue weighted by Gasteiger charge is -2.25. The summed E-state index contributed by atoms with van der Waals surface area (Å²) in [6, 6.07) is 3.08. The number of aliphatic hydroxyl groups excluding tert-OH is 1. The number of nitrogens with one attached hydrogen (secondary N) is 1. The summed E-state index contributed by atoms with van der Waals surface area (Å²) in [7, 11) is 0. The molecule has 2 N–H and O–H groups in total. The highest BCUT2D eigenvalue weighted by molar-refractivity contribution is 5.94. The van der Waals surface area contributed by atoms with Gasteiger partial charge in [0.2, 0.25) is 0 Å². The third-order valence-electron chi connectivity index (χ3n) is 3.19. The molecule has 22 heavy (non-hydrogen) atoms. The first-order chi connectivity index (χ1) is 10.4. The van der Waals surface area contributed by atoms with E-state index in [0.29, 0.717) is 17.8 Å². The smallest absolute Gasteiger partial charge is 0.251 e. The first kappa shape index (κ1) is 16.2. The van der Waals surface area contributed by atoms with Gasteiger partial charge in [0, 0.05) is 24.2 Å². The summed E-state index contributed by atoms with van der Waals surface area (Å²) in [6.45, 7) is 6.14. The molecule has 0 spiro atoms. The van der Waals surface area contributed by atoms with Crippen LogP contribution in [0.5, 0.6) is 0 Å². The average molecular weight is 302 g/mol. The number of pyridine rings is 1. The normalized spacial score (nSPS) is 12.9. The van der Waals surface area contributed by atoms with Crippen molar-refractivity contribution in [2.45, 2.75) is 33.2 Å². The van der Waals surface area contributed by atoms with Gasteiger partial charge in [0.1, 0.15) is 12.1 Å². The molecule has 2 aromatic heterocycles. The van der Waals surface area contributed by atoms with Gasteiger partial charge in [-0.15, -0.1) is 0 Å².